The molecule has 60 valence electrons. The average Bonchev–Trinajstić information content (AvgIpc) is 1.88. The zero-order valence-electron chi connectivity index (χ0n) is 5.92. The summed E-state index contributed by atoms with van der Waals surface area (Å²) in [4.78, 5) is 10.1. The molecule has 0 fully saturated rings. The second-order valence-electron chi connectivity index (χ2n) is 2.23. The van der Waals surface area contributed by atoms with Gasteiger partial charge in [-0.15, -0.1) is 0 Å². The first-order valence-corrected chi connectivity index (χ1v) is 3.37. The standard InChI is InChI=1S/C6H14N2O2/c7-4-2-1-3-5(8)6(9)10/h5H,1-4,7-8H2,(H,9,10)/t5-/m0/s1/i1+1,2+1,3+1,4+1,5+1. The minimum Gasteiger partial charge on any atom is -0.480 e. The molecular formula is C6H14N2O2. The van der Waals surface area contributed by atoms with Crippen LogP contribution in [0.15, 0.2) is 0 Å². The summed E-state index contributed by atoms with van der Waals surface area (Å²) in [6, 6.07) is -0.716. The third-order valence-corrected chi connectivity index (χ3v) is 1.29. The fraction of sp³-hybridized carbons (Fsp3) is 0.833. The molecule has 0 saturated carbocycles. The topological polar surface area (TPSA) is 89.3 Å². The van der Waals surface area contributed by atoms with Gasteiger partial charge in [0.1, 0.15) is 6.04 Å². The third kappa shape index (κ3) is 4.29. The Labute approximate surface area is 60.2 Å². The van der Waals surface area contributed by atoms with E-state index in [0.717, 1.165) is 12.8 Å². The SMILES string of the molecule is N[13CH2][13CH2][13CH2][13CH2][13C@H](N)C(=O)O. The zero-order valence-corrected chi connectivity index (χ0v) is 5.92. The maximum atomic E-state index is 10.1. The van der Waals surface area contributed by atoms with E-state index in [1.807, 2.05) is 0 Å². The van der Waals surface area contributed by atoms with Gasteiger partial charge < -0.3 is 16.6 Å². The molecule has 0 heterocycles. The molecule has 0 aliphatic rings. The second kappa shape index (κ2) is 5.20. The van der Waals surface area contributed by atoms with E-state index in [9.17, 15) is 4.79 Å². The number of unbranched alkanes of at least 4 members (excludes halogenated alkanes) is 1. The second-order valence-corrected chi connectivity index (χ2v) is 2.23. The summed E-state index contributed by atoms with van der Waals surface area (Å²) in [5, 5.41) is 8.33. The Kier molecular flexibility index (Phi) is 4.88. The van der Waals surface area contributed by atoms with Crippen LogP contribution >= 0.6 is 0 Å². The van der Waals surface area contributed by atoms with Gasteiger partial charge in [0.2, 0.25) is 0 Å². The maximum Gasteiger partial charge on any atom is 0.320 e. The van der Waals surface area contributed by atoms with Crippen molar-refractivity contribution in [1.82, 2.24) is 0 Å². The van der Waals surface area contributed by atoms with Gasteiger partial charge in [-0.05, 0) is 19.4 Å². The van der Waals surface area contributed by atoms with E-state index in [-0.39, 0.29) is 0 Å². The first-order valence-electron chi connectivity index (χ1n) is 3.37. The quantitative estimate of drug-likeness (QED) is 0.366. The number of hydrogen-bond donors (Lipinski definition) is 3. The van der Waals surface area contributed by atoms with Gasteiger partial charge in [-0.1, -0.05) is 6.42 Å². The van der Waals surface area contributed by atoms with E-state index in [1.54, 1.807) is 0 Å². The van der Waals surface area contributed by atoms with Crippen molar-refractivity contribution in [1.29, 1.82) is 0 Å². The lowest BCUT2D eigenvalue weighted by Gasteiger charge is -2.03. The fourth-order valence-electron chi connectivity index (χ4n) is 0.632. The van der Waals surface area contributed by atoms with Crippen LogP contribution in [-0.4, -0.2) is 23.7 Å². The number of rotatable bonds is 5. The van der Waals surface area contributed by atoms with Crippen molar-refractivity contribution in [3.63, 3.8) is 0 Å². The number of carbonyl (C=O) groups is 1. The van der Waals surface area contributed by atoms with Gasteiger partial charge in [0.15, 0.2) is 0 Å². The monoisotopic (exact) mass is 151 g/mol. The van der Waals surface area contributed by atoms with Crippen molar-refractivity contribution in [2.24, 2.45) is 11.5 Å². The summed E-state index contributed by atoms with van der Waals surface area (Å²) >= 11 is 0. The maximum absolute atomic E-state index is 10.1. The highest BCUT2D eigenvalue weighted by atomic mass is 16.4. The largest absolute Gasteiger partial charge is 0.480 e. The van der Waals surface area contributed by atoms with Crippen molar-refractivity contribution < 1.29 is 9.90 Å². The molecule has 0 radical (unpaired) electrons. The van der Waals surface area contributed by atoms with Gasteiger partial charge in [-0.25, -0.2) is 0 Å². The van der Waals surface area contributed by atoms with E-state index < -0.39 is 12.0 Å². The minimum atomic E-state index is -0.933. The number of carboxylic acid groups (broad SMARTS) is 1. The van der Waals surface area contributed by atoms with Crippen LogP contribution in [0.4, 0.5) is 0 Å². The molecule has 5 N–H and O–H groups in total. The fourth-order valence-corrected chi connectivity index (χ4v) is 0.632. The summed E-state index contributed by atoms with van der Waals surface area (Å²) in [5.41, 5.74) is 10.4. The number of hydrogen-bond acceptors (Lipinski definition) is 3. The van der Waals surface area contributed by atoms with Crippen LogP contribution in [0, 0.1) is 0 Å². The molecule has 10 heavy (non-hydrogen) atoms. The van der Waals surface area contributed by atoms with E-state index in [4.69, 9.17) is 16.6 Å². The van der Waals surface area contributed by atoms with E-state index >= 15 is 0 Å². The first-order chi connectivity index (χ1) is 4.68. The van der Waals surface area contributed by atoms with Crippen molar-refractivity contribution in [2.75, 3.05) is 6.54 Å². The van der Waals surface area contributed by atoms with Gasteiger partial charge in [0.25, 0.3) is 0 Å². The summed E-state index contributed by atoms with van der Waals surface area (Å²) in [5.74, 6) is -0.933. The highest BCUT2D eigenvalue weighted by Crippen LogP contribution is 1.96. The van der Waals surface area contributed by atoms with Crippen LogP contribution < -0.4 is 11.5 Å². The van der Waals surface area contributed by atoms with Crippen molar-refractivity contribution in [3.05, 3.63) is 0 Å². The Hall–Kier alpha value is -0.610. The lowest BCUT2D eigenvalue weighted by atomic mass is 10.9. The molecule has 0 aliphatic heterocycles. The van der Waals surface area contributed by atoms with E-state index in [0.29, 0.717) is 13.0 Å². The summed E-state index contributed by atoms with van der Waals surface area (Å²) < 4.78 is 0. The molecule has 0 aromatic carbocycles. The average molecular weight is 151 g/mol. The van der Waals surface area contributed by atoms with Crippen LogP contribution in [0.1, 0.15) is 19.3 Å². The van der Waals surface area contributed by atoms with Crippen molar-refractivity contribution >= 4 is 5.97 Å². The Morgan fingerprint density at radius 2 is 2.10 bits per heavy atom. The molecule has 4 nitrogen and oxygen atoms in total. The summed E-state index contributed by atoms with van der Waals surface area (Å²) in [6.45, 7) is 0.604. The molecule has 0 saturated heterocycles. The molecule has 1 atom stereocenters. The normalized spacial score (nSPS) is 13.0. The highest BCUT2D eigenvalue weighted by molar-refractivity contribution is 5.72. The minimum absolute atomic E-state index is 0.520. The smallest absolute Gasteiger partial charge is 0.320 e. The molecule has 0 aliphatic carbocycles. The zero-order chi connectivity index (χ0) is 7.98. The number of aliphatic carboxylic acids is 1. The van der Waals surface area contributed by atoms with Crippen LogP contribution in [0.25, 0.3) is 0 Å². The molecule has 0 bridgehead atoms. The molecule has 0 rings (SSSR count). The van der Waals surface area contributed by atoms with Gasteiger partial charge in [-0.2, -0.15) is 0 Å². The van der Waals surface area contributed by atoms with Gasteiger partial charge >= 0.3 is 5.97 Å². The predicted molar refractivity (Wildman–Crippen MR) is 38.5 cm³/mol. The first kappa shape index (κ1) is 9.39. The predicted octanol–water partition coefficient (Wildman–Crippen LogP) is -0.473. The van der Waals surface area contributed by atoms with Gasteiger partial charge in [0.05, 0.1) is 0 Å². The Morgan fingerprint density at radius 3 is 2.50 bits per heavy atom. The number of carboxylic acids is 1. The van der Waals surface area contributed by atoms with Crippen LogP contribution in [-0.2, 0) is 4.79 Å². The lowest BCUT2D eigenvalue weighted by Crippen LogP contribution is -2.29. The molecular weight excluding hydrogens is 137 g/mol. The van der Waals surface area contributed by atoms with Crippen LogP contribution in [0.3, 0.4) is 0 Å². The van der Waals surface area contributed by atoms with Crippen LogP contribution in [0.2, 0.25) is 0 Å². The Morgan fingerprint density at radius 1 is 1.50 bits per heavy atom. The van der Waals surface area contributed by atoms with Crippen molar-refractivity contribution in [3.8, 4) is 0 Å². The molecule has 4 heteroatoms. The van der Waals surface area contributed by atoms with E-state index in [2.05, 4.69) is 0 Å². The highest BCUT2D eigenvalue weighted by Gasteiger charge is 2.09. The van der Waals surface area contributed by atoms with Crippen LogP contribution in [0.5, 0.6) is 0 Å². The molecule has 0 amide bonds. The van der Waals surface area contributed by atoms with Gasteiger partial charge in [0, 0.05) is 0 Å². The molecule has 0 aromatic heterocycles. The van der Waals surface area contributed by atoms with Crippen molar-refractivity contribution in [2.45, 2.75) is 25.3 Å². The summed E-state index contributed by atoms with van der Waals surface area (Å²) in [7, 11) is 0. The molecule has 0 unspecified atom stereocenters. The lowest BCUT2D eigenvalue weighted by molar-refractivity contribution is -0.138. The van der Waals surface area contributed by atoms with Gasteiger partial charge in [-0.3, -0.25) is 4.79 Å². The Bertz CT molecular complexity index is 106. The summed E-state index contributed by atoms with van der Waals surface area (Å²) in [6.07, 6.45) is 2.16. The molecule has 0 aromatic rings. The number of nitrogens with two attached hydrogens (primary N) is 2. The van der Waals surface area contributed by atoms with E-state index in [1.165, 1.54) is 0 Å². The Balaban J connectivity index is 3.21. The third-order valence-electron chi connectivity index (χ3n) is 1.29. The molecule has 0 spiro atoms.